The van der Waals surface area contributed by atoms with Crippen LogP contribution in [0.25, 0.3) is 0 Å². The van der Waals surface area contributed by atoms with Gasteiger partial charge in [-0.1, -0.05) is 18.2 Å². The second-order valence-corrected chi connectivity index (χ2v) is 4.82. The topological polar surface area (TPSA) is 55.1 Å². The number of halogens is 2. The molecule has 1 amide bonds. The van der Waals surface area contributed by atoms with E-state index in [1.165, 1.54) is 24.3 Å². The number of nitrogens with one attached hydrogen (secondary N) is 1. The number of benzene rings is 2. The van der Waals surface area contributed by atoms with Crippen LogP contribution in [0.4, 0.5) is 8.78 Å². The van der Waals surface area contributed by atoms with E-state index in [1.54, 1.807) is 12.1 Å². The Bertz CT molecular complexity index is 641. The van der Waals surface area contributed by atoms with E-state index in [1.807, 2.05) is 6.92 Å². The quantitative estimate of drug-likeness (QED) is 0.889. The van der Waals surface area contributed by atoms with Crippen molar-refractivity contribution in [3.63, 3.8) is 0 Å². The molecule has 2 aromatic carbocycles. The third-order valence-electron chi connectivity index (χ3n) is 3.31. The third kappa shape index (κ3) is 3.86. The first-order valence-corrected chi connectivity index (χ1v) is 6.54. The van der Waals surface area contributed by atoms with Crippen LogP contribution in [-0.2, 0) is 6.54 Å². The molecule has 0 heterocycles. The Hall–Kier alpha value is -2.27. The number of hydrogen-bond acceptors (Lipinski definition) is 2. The molecule has 3 N–H and O–H groups in total. The van der Waals surface area contributed by atoms with E-state index in [0.29, 0.717) is 12.1 Å². The van der Waals surface area contributed by atoms with Crippen molar-refractivity contribution in [3.8, 4) is 0 Å². The highest BCUT2D eigenvalue weighted by molar-refractivity contribution is 5.92. The molecule has 0 spiro atoms. The normalized spacial score (nSPS) is 12.1. The molecule has 0 saturated carbocycles. The Morgan fingerprint density at radius 3 is 2.43 bits per heavy atom. The van der Waals surface area contributed by atoms with Crippen LogP contribution < -0.4 is 11.1 Å². The van der Waals surface area contributed by atoms with Gasteiger partial charge in [0.1, 0.15) is 11.6 Å². The fourth-order valence-electron chi connectivity index (χ4n) is 1.98. The number of primary amides is 1. The summed E-state index contributed by atoms with van der Waals surface area (Å²) in [6, 6.07) is 10.2. The molecule has 5 heteroatoms. The molecule has 1 unspecified atom stereocenters. The molecule has 0 aliphatic heterocycles. The van der Waals surface area contributed by atoms with Crippen molar-refractivity contribution in [1.82, 2.24) is 5.32 Å². The highest BCUT2D eigenvalue weighted by Crippen LogP contribution is 2.15. The molecule has 2 aromatic rings. The maximum absolute atomic E-state index is 13.8. The standard InChI is InChI=1S/C16H16F2N2O/c1-10(11-4-6-14(17)7-5-11)20-9-13-3-2-12(16(19)21)8-15(13)18/h2-8,10,20H,9H2,1H3,(H2,19,21). The zero-order valence-corrected chi connectivity index (χ0v) is 11.6. The number of rotatable bonds is 5. The van der Waals surface area contributed by atoms with Crippen LogP contribution in [0.3, 0.4) is 0 Å². The molecule has 1 atom stereocenters. The highest BCUT2D eigenvalue weighted by Gasteiger charge is 2.09. The van der Waals surface area contributed by atoms with Crippen molar-refractivity contribution in [2.75, 3.05) is 0 Å². The lowest BCUT2D eigenvalue weighted by molar-refractivity contribution is 0.1000. The van der Waals surface area contributed by atoms with Crippen molar-refractivity contribution < 1.29 is 13.6 Å². The Balaban J connectivity index is 2.02. The van der Waals surface area contributed by atoms with Crippen molar-refractivity contribution >= 4 is 5.91 Å². The first-order chi connectivity index (χ1) is 9.97. The van der Waals surface area contributed by atoms with Gasteiger partial charge in [0.25, 0.3) is 0 Å². The van der Waals surface area contributed by atoms with Gasteiger partial charge in [-0.05, 0) is 36.8 Å². The lowest BCUT2D eigenvalue weighted by atomic mass is 10.1. The smallest absolute Gasteiger partial charge is 0.248 e. The summed E-state index contributed by atoms with van der Waals surface area (Å²) in [5, 5.41) is 3.15. The summed E-state index contributed by atoms with van der Waals surface area (Å²) < 4.78 is 26.7. The molecule has 21 heavy (non-hydrogen) atoms. The number of carbonyl (C=O) groups is 1. The van der Waals surface area contributed by atoms with Crippen LogP contribution in [0.15, 0.2) is 42.5 Å². The first-order valence-electron chi connectivity index (χ1n) is 6.54. The van der Waals surface area contributed by atoms with Gasteiger partial charge >= 0.3 is 0 Å². The molecule has 0 aliphatic carbocycles. The van der Waals surface area contributed by atoms with Gasteiger partial charge in [0.05, 0.1) is 0 Å². The molecule has 0 saturated heterocycles. The molecular weight excluding hydrogens is 274 g/mol. The molecule has 3 nitrogen and oxygen atoms in total. The average Bonchev–Trinajstić information content (AvgIpc) is 2.46. The van der Waals surface area contributed by atoms with E-state index in [2.05, 4.69) is 5.32 Å². The molecule has 0 fully saturated rings. The largest absolute Gasteiger partial charge is 0.366 e. The van der Waals surface area contributed by atoms with Gasteiger partial charge in [0, 0.05) is 23.7 Å². The van der Waals surface area contributed by atoms with Crippen LogP contribution in [0, 0.1) is 11.6 Å². The van der Waals surface area contributed by atoms with Crippen LogP contribution in [-0.4, -0.2) is 5.91 Å². The van der Waals surface area contributed by atoms with E-state index in [-0.39, 0.29) is 17.4 Å². The van der Waals surface area contributed by atoms with Crippen molar-refractivity contribution in [2.24, 2.45) is 5.73 Å². The Morgan fingerprint density at radius 2 is 1.86 bits per heavy atom. The van der Waals surface area contributed by atoms with Crippen LogP contribution in [0.5, 0.6) is 0 Å². The first kappa shape index (κ1) is 15.1. The van der Waals surface area contributed by atoms with Gasteiger partial charge in [-0.25, -0.2) is 8.78 Å². The summed E-state index contributed by atoms with van der Waals surface area (Å²) in [6.07, 6.45) is 0. The fourth-order valence-corrected chi connectivity index (χ4v) is 1.98. The van der Waals surface area contributed by atoms with Crippen molar-refractivity contribution in [3.05, 3.63) is 70.8 Å². The Kier molecular flexibility index (Phi) is 4.65. The maximum atomic E-state index is 13.8. The summed E-state index contributed by atoms with van der Waals surface area (Å²) in [4.78, 5) is 11.0. The summed E-state index contributed by atoms with van der Waals surface area (Å²) in [5.74, 6) is -1.43. The second kappa shape index (κ2) is 6.45. The lowest BCUT2D eigenvalue weighted by Gasteiger charge is -2.15. The third-order valence-corrected chi connectivity index (χ3v) is 3.31. The van der Waals surface area contributed by atoms with Gasteiger partial charge in [0.2, 0.25) is 5.91 Å². The molecule has 0 aliphatic rings. The highest BCUT2D eigenvalue weighted by atomic mass is 19.1. The molecule has 0 radical (unpaired) electrons. The van der Waals surface area contributed by atoms with Crippen LogP contribution in [0.1, 0.15) is 34.5 Å². The van der Waals surface area contributed by atoms with E-state index in [9.17, 15) is 13.6 Å². The monoisotopic (exact) mass is 290 g/mol. The Labute approximate surface area is 121 Å². The maximum Gasteiger partial charge on any atom is 0.248 e. The van der Waals surface area contributed by atoms with Crippen molar-refractivity contribution in [2.45, 2.75) is 19.5 Å². The lowest BCUT2D eigenvalue weighted by Crippen LogP contribution is -2.19. The fraction of sp³-hybridized carbons (Fsp3) is 0.188. The van der Waals surface area contributed by atoms with Gasteiger partial charge in [-0.2, -0.15) is 0 Å². The van der Waals surface area contributed by atoms with Gasteiger partial charge in [0.15, 0.2) is 0 Å². The van der Waals surface area contributed by atoms with E-state index in [0.717, 1.165) is 11.6 Å². The minimum atomic E-state index is -0.659. The minimum absolute atomic E-state index is 0.0548. The summed E-state index contributed by atoms with van der Waals surface area (Å²) in [7, 11) is 0. The minimum Gasteiger partial charge on any atom is -0.366 e. The SMILES string of the molecule is CC(NCc1ccc(C(N)=O)cc1F)c1ccc(F)cc1. The predicted molar refractivity (Wildman–Crippen MR) is 76.6 cm³/mol. The number of hydrogen-bond donors (Lipinski definition) is 2. The number of amides is 1. The zero-order valence-electron chi connectivity index (χ0n) is 11.6. The summed E-state index contributed by atoms with van der Waals surface area (Å²) >= 11 is 0. The molecule has 0 bridgehead atoms. The van der Waals surface area contributed by atoms with Gasteiger partial charge < -0.3 is 11.1 Å². The second-order valence-electron chi connectivity index (χ2n) is 4.82. The molecule has 0 aromatic heterocycles. The van der Waals surface area contributed by atoms with Crippen LogP contribution in [0.2, 0.25) is 0 Å². The predicted octanol–water partition coefficient (Wildman–Crippen LogP) is 2.91. The molecular formula is C16H16F2N2O. The molecule has 2 rings (SSSR count). The zero-order chi connectivity index (χ0) is 15.4. The molecule has 110 valence electrons. The van der Waals surface area contributed by atoms with E-state index < -0.39 is 11.7 Å². The van der Waals surface area contributed by atoms with Gasteiger partial charge in [-0.3, -0.25) is 4.79 Å². The number of carbonyl (C=O) groups excluding carboxylic acids is 1. The summed E-state index contributed by atoms with van der Waals surface area (Å²) in [5.41, 5.74) is 6.58. The average molecular weight is 290 g/mol. The van der Waals surface area contributed by atoms with Crippen LogP contribution >= 0.6 is 0 Å². The van der Waals surface area contributed by atoms with Crippen molar-refractivity contribution in [1.29, 1.82) is 0 Å². The van der Waals surface area contributed by atoms with Gasteiger partial charge in [-0.15, -0.1) is 0 Å². The summed E-state index contributed by atoms with van der Waals surface area (Å²) in [6.45, 7) is 2.20. The Morgan fingerprint density at radius 1 is 1.19 bits per heavy atom. The van der Waals surface area contributed by atoms with E-state index in [4.69, 9.17) is 5.73 Å². The van der Waals surface area contributed by atoms with E-state index >= 15 is 0 Å². The number of nitrogens with two attached hydrogens (primary N) is 1.